The molecule has 0 spiro atoms. The summed E-state index contributed by atoms with van der Waals surface area (Å²) in [6.45, 7) is 1.81. The lowest BCUT2D eigenvalue weighted by Gasteiger charge is -2.05. The fourth-order valence-electron chi connectivity index (χ4n) is 1.22. The number of hydrogen-bond acceptors (Lipinski definition) is 0. The van der Waals surface area contributed by atoms with Gasteiger partial charge in [0, 0.05) is 0 Å². The van der Waals surface area contributed by atoms with E-state index in [0.717, 1.165) is 18.4 Å². The first kappa shape index (κ1) is 9.32. The summed E-state index contributed by atoms with van der Waals surface area (Å²) in [5, 5.41) is 0. The molecule has 0 saturated carbocycles. The van der Waals surface area contributed by atoms with Crippen molar-refractivity contribution in [1.82, 2.24) is 0 Å². The van der Waals surface area contributed by atoms with Crippen molar-refractivity contribution in [1.29, 1.82) is 0 Å². The fourth-order valence-corrected chi connectivity index (χ4v) is 1.22. The first-order valence-electron chi connectivity index (χ1n) is 4.67. The summed E-state index contributed by atoms with van der Waals surface area (Å²) in [5.41, 5.74) is 1.14. The lowest BCUT2D eigenvalue weighted by molar-refractivity contribution is 0.403. The molecule has 0 aromatic carbocycles. The van der Waals surface area contributed by atoms with Gasteiger partial charge in [-0.25, -0.2) is 4.39 Å². The van der Waals surface area contributed by atoms with Crippen LogP contribution in [-0.4, -0.2) is 6.17 Å². The van der Waals surface area contributed by atoms with E-state index < -0.39 is 6.17 Å². The largest absolute Gasteiger partial charge is 0.233 e. The van der Waals surface area contributed by atoms with Crippen LogP contribution >= 0.6 is 0 Å². The molecule has 1 atom stereocenters. The lowest BCUT2D eigenvalue weighted by Crippen LogP contribution is -1.93. The van der Waals surface area contributed by atoms with Gasteiger partial charge in [-0.15, -0.1) is 0 Å². The molecular weight excluding hydrogens is 151 g/mol. The van der Waals surface area contributed by atoms with Gasteiger partial charge in [-0.05, 0) is 37.7 Å². The van der Waals surface area contributed by atoms with Gasteiger partial charge in [0.25, 0.3) is 0 Å². The molecule has 0 radical (unpaired) electrons. The Morgan fingerprint density at radius 1 is 1.58 bits per heavy atom. The van der Waals surface area contributed by atoms with E-state index in [2.05, 4.69) is 17.9 Å². The van der Waals surface area contributed by atoms with Gasteiger partial charge in [-0.3, -0.25) is 0 Å². The maximum Gasteiger partial charge on any atom is 0.160 e. The molecule has 0 saturated heterocycles. The van der Waals surface area contributed by atoms with Crippen molar-refractivity contribution < 1.29 is 4.39 Å². The summed E-state index contributed by atoms with van der Waals surface area (Å²) in [5.74, 6) is 5.53. The molecule has 0 fully saturated rings. The predicted octanol–water partition coefficient (Wildman–Crippen LogP) is 3.24. The molecule has 0 aromatic rings. The lowest BCUT2D eigenvalue weighted by atomic mass is 10.00. The van der Waals surface area contributed by atoms with Gasteiger partial charge in [0.2, 0.25) is 0 Å². The van der Waals surface area contributed by atoms with E-state index in [1.807, 2.05) is 6.92 Å². The Morgan fingerprint density at radius 3 is 3.00 bits per heavy atom. The van der Waals surface area contributed by atoms with Crippen LogP contribution in [0.2, 0.25) is 0 Å². The molecule has 1 heteroatoms. The van der Waals surface area contributed by atoms with Crippen LogP contribution in [0.3, 0.4) is 0 Å². The highest BCUT2D eigenvalue weighted by Crippen LogP contribution is 2.16. The van der Waals surface area contributed by atoms with Crippen molar-refractivity contribution in [3.05, 3.63) is 11.6 Å². The number of hydrogen-bond donors (Lipinski definition) is 0. The maximum atomic E-state index is 12.7. The van der Waals surface area contributed by atoms with E-state index in [1.54, 1.807) is 0 Å². The third-order valence-electron chi connectivity index (χ3n) is 2.04. The van der Waals surface area contributed by atoms with Gasteiger partial charge in [0.05, 0.1) is 0 Å². The smallest absolute Gasteiger partial charge is 0.160 e. The third-order valence-corrected chi connectivity index (χ3v) is 2.04. The summed E-state index contributed by atoms with van der Waals surface area (Å²) < 4.78 is 12.7. The van der Waals surface area contributed by atoms with Crippen LogP contribution in [0.1, 0.15) is 39.0 Å². The molecule has 0 aliphatic heterocycles. The number of alkyl halides is 1. The minimum atomic E-state index is -0.937. The van der Waals surface area contributed by atoms with Gasteiger partial charge in [0.1, 0.15) is 0 Å². The second-order valence-electron chi connectivity index (χ2n) is 3.12. The molecule has 66 valence electrons. The Balaban J connectivity index is 2.46. The first-order chi connectivity index (χ1) is 5.83. The van der Waals surface area contributed by atoms with E-state index in [4.69, 9.17) is 0 Å². The van der Waals surface area contributed by atoms with Gasteiger partial charge < -0.3 is 0 Å². The Bertz CT molecular complexity index is 217. The highest BCUT2D eigenvalue weighted by molar-refractivity contribution is 5.30. The van der Waals surface area contributed by atoms with E-state index in [9.17, 15) is 4.39 Å². The van der Waals surface area contributed by atoms with Crippen molar-refractivity contribution in [2.75, 3.05) is 0 Å². The van der Waals surface area contributed by atoms with Crippen molar-refractivity contribution in [3.63, 3.8) is 0 Å². The zero-order chi connectivity index (χ0) is 8.81. The summed E-state index contributed by atoms with van der Waals surface area (Å²) in [7, 11) is 0. The quantitative estimate of drug-likeness (QED) is 0.524. The van der Waals surface area contributed by atoms with E-state index in [-0.39, 0.29) is 0 Å². The SMILES string of the molecule is CCC(F)C#CC1=CCCCC1. The Morgan fingerprint density at radius 2 is 2.42 bits per heavy atom. The maximum absolute atomic E-state index is 12.7. The summed E-state index contributed by atoms with van der Waals surface area (Å²) in [6.07, 6.45) is 6.34. The van der Waals surface area contributed by atoms with Crippen molar-refractivity contribution in [2.24, 2.45) is 0 Å². The van der Waals surface area contributed by atoms with Gasteiger partial charge in [-0.2, -0.15) is 0 Å². The first-order valence-corrected chi connectivity index (χ1v) is 4.67. The molecule has 1 unspecified atom stereocenters. The highest BCUT2D eigenvalue weighted by Gasteiger charge is 2.00. The molecular formula is C11H15F. The molecule has 1 aliphatic rings. The van der Waals surface area contributed by atoms with Crippen LogP contribution in [0.5, 0.6) is 0 Å². The molecule has 0 heterocycles. The second-order valence-corrected chi connectivity index (χ2v) is 3.12. The molecule has 12 heavy (non-hydrogen) atoms. The van der Waals surface area contributed by atoms with E-state index in [0.29, 0.717) is 6.42 Å². The second kappa shape index (κ2) is 4.98. The Labute approximate surface area is 73.9 Å². The van der Waals surface area contributed by atoms with Crippen molar-refractivity contribution in [3.8, 4) is 11.8 Å². The molecule has 0 N–H and O–H groups in total. The van der Waals surface area contributed by atoms with Crippen LogP contribution in [0.25, 0.3) is 0 Å². The minimum Gasteiger partial charge on any atom is -0.233 e. The number of halogens is 1. The van der Waals surface area contributed by atoms with Crippen LogP contribution in [-0.2, 0) is 0 Å². The molecule has 1 rings (SSSR count). The number of rotatable bonds is 1. The van der Waals surface area contributed by atoms with E-state index >= 15 is 0 Å². The third kappa shape index (κ3) is 3.09. The monoisotopic (exact) mass is 166 g/mol. The fraction of sp³-hybridized carbons (Fsp3) is 0.636. The van der Waals surface area contributed by atoms with Crippen molar-refractivity contribution in [2.45, 2.75) is 45.2 Å². The predicted molar refractivity (Wildman–Crippen MR) is 49.5 cm³/mol. The van der Waals surface area contributed by atoms with Crippen LogP contribution in [0, 0.1) is 11.8 Å². The van der Waals surface area contributed by atoms with Crippen LogP contribution in [0.15, 0.2) is 11.6 Å². The molecule has 0 aromatic heterocycles. The highest BCUT2D eigenvalue weighted by atomic mass is 19.1. The Hall–Kier alpha value is -0.770. The van der Waals surface area contributed by atoms with Gasteiger partial charge in [0.15, 0.2) is 6.17 Å². The molecule has 0 amide bonds. The van der Waals surface area contributed by atoms with Crippen molar-refractivity contribution >= 4 is 0 Å². The molecule has 0 bridgehead atoms. The average molecular weight is 166 g/mol. The van der Waals surface area contributed by atoms with Gasteiger partial charge >= 0.3 is 0 Å². The summed E-state index contributed by atoms with van der Waals surface area (Å²) >= 11 is 0. The Kier molecular flexibility index (Phi) is 3.87. The van der Waals surface area contributed by atoms with Gasteiger partial charge in [-0.1, -0.05) is 24.8 Å². The summed E-state index contributed by atoms with van der Waals surface area (Å²) in [4.78, 5) is 0. The average Bonchev–Trinajstić information content (AvgIpc) is 2.16. The normalized spacial score (nSPS) is 19.0. The van der Waals surface area contributed by atoms with Crippen LogP contribution in [0.4, 0.5) is 4.39 Å². The zero-order valence-corrected chi connectivity index (χ0v) is 7.57. The summed E-state index contributed by atoms with van der Waals surface area (Å²) in [6, 6.07) is 0. The van der Waals surface area contributed by atoms with E-state index in [1.165, 1.54) is 12.8 Å². The minimum absolute atomic E-state index is 0.500. The topological polar surface area (TPSA) is 0 Å². The van der Waals surface area contributed by atoms with Crippen LogP contribution < -0.4 is 0 Å². The zero-order valence-electron chi connectivity index (χ0n) is 7.57. The number of allylic oxidation sites excluding steroid dienone is 2. The molecule has 0 nitrogen and oxygen atoms in total. The molecule has 1 aliphatic carbocycles. The standard InChI is InChI=1S/C11H15F/c1-2-11(12)9-8-10-6-4-3-5-7-10/h6,11H,2-5,7H2,1H3.